The Kier molecular flexibility index (Phi) is 4.37. The Morgan fingerprint density at radius 3 is 2.62 bits per heavy atom. The fourth-order valence-electron chi connectivity index (χ4n) is 1.78. The molecule has 0 atom stereocenters. The van der Waals surface area contributed by atoms with Gasteiger partial charge < -0.3 is 14.0 Å². The molecular weight excluding hydrogens is 274 g/mol. The highest BCUT2D eigenvalue weighted by Crippen LogP contribution is 2.21. The minimum atomic E-state index is -0.620. The van der Waals surface area contributed by atoms with Crippen LogP contribution in [0.1, 0.15) is 39.1 Å². The summed E-state index contributed by atoms with van der Waals surface area (Å²) in [6, 6.07) is 6.45. The first-order valence-electron chi connectivity index (χ1n) is 6.29. The lowest BCUT2D eigenvalue weighted by molar-refractivity contribution is 0.0423. The number of aryl methyl sites for hydroxylation is 1. The lowest BCUT2D eigenvalue weighted by Gasteiger charge is -2.09. The van der Waals surface area contributed by atoms with Crippen LogP contribution in [-0.2, 0) is 11.3 Å². The number of benzene rings is 1. The second kappa shape index (κ2) is 6.21. The number of carbonyl (C=O) groups is 2. The van der Waals surface area contributed by atoms with E-state index in [1.54, 1.807) is 25.1 Å². The Hall–Kier alpha value is -2.63. The number of aromatic nitrogens is 1. The number of carbonyl (C=O) groups excluding carboxylic acids is 2. The number of nitrogens with zero attached hydrogens (tertiary/aromatic N) is 1. The largest absolute Gasteiger partial charge is 0.496 e. The van der Waals surface area contributed by atoms with Gasteiger partial charge in [-0.3, -0.25) is 4.79 Å². The molecule has 0 bridgehead atoms. The summed E-state index contributed by atoms with van der Waals surface area (Å²) in [5.74, 6) is -0.113. The maximum atomic E-state index is 11.8. The molecule has 1 aromatic carbocycles. The van der Waals surface area contributed by atoms with E-state index in [0.29, 0.717) is 22.6 Å². The zero-order valence-corrected chi connectivity index (χ0v) is 12.0. The van der Waals surface area contributed by atoms with Crippen LogP contribution < -0.4 is 4.74 Å². The maximum absolute atomic E-state index is 11.8. The molecule has 0 unspecified atom stereocenters. The first kappa shape index (κ1) is 14.8. The fourth-order valence-corrected chi connectivity index (χ4v) is 1.78. The molecular formula is C15H15NO5. The molecule has 0 aliphatic rings. The van der Waals surface area contributed by atoms with Crippen molar-refractivity contribution in [3.63, 3.8) is 0 Å². The van der Waals surface area contributed by atoms with Crippen molar-refractivity contribution in [1.29, 1.82) is 0 Å². The zero-order valence-electron chi connectivity index (χ0n) is 12.0. The molecule has 110 valence electrons. The number of ketones is 1. The van der Waals surface area contributed by atoms with Gasteiger partial charge in [0.1, 0.15) is 12.4 Å². The van der Waals surface area contributed by atoms with Gasteiger partial charge in [0.2, 0.25) is 5.76 Å². The van der Waals surface area contributed by atoms with Gasteiger partial charge in [-0.1, -0.05) is 5.16 Å². The van der Waals surface area contributed by atoms with Gasteiger partial charge in [-0.05, 0) is 32.0 Å². The van der Waals surface area contributed by atoms with Gasteiger partial charge in [-0.2, -0.15) is 0 Å². The molecule has 0 saturated carbocycles. The van der Waals surface area contributed by atoms with E-state index in [0.717, 1.165) is 0 Å². The minimum Gasteiger partial charge on any atom is -0.496 e. The van der Waals surface area contributed by atoms with Crippen molar-refractivity contribution >= 4 is 11.8 Å². The number of hydrogen-bond acceptors (Lipinski definition) is 6. The third-order valence-electron chi connectivity index (χ3n) is 2.87. The highest BCUT2D eigenvalue weighted by molar-refractivity contribution is 5.94. The van der Waals surface area contributed by atoms with Crippen LogP contribution in [0, 0.1) is 6.92 Å². The number of hydrogen-bond donors (Lipinski definition) is 0. The van der Waals surface area contributed by atoms with E-state index in [1.165, 1.54) is 20.1 Å². The number of esters is 1. The summed E-state index contributed by atoms with van der Waals surface area (Å²) in [5, 5.41) is 3.62. The first-order chi connectivity index (χ1) is 10.0. The van der Waals surface area contributed by atoms with E-state index in [1.807, 2.05) is 0 Å². The Balaban J connectivity index is 2.13. The van der Waals surface area contributed by atoms with E-state index in [9.17, 15) is 9.59 Å². The van der Waals surface area contributed by atoms with Crippen molar-refractivity contribution < 1.29 is 23.6 Å². The number of methoxy groups -OCH3 is 1. The van der Waals surface area contributed by atoms with Gasteiger partial charge in [-0.15, -0.1) is 0 Å². The molecule has 0 radical (unpaired) electrons. The number of ether oxygens (including phenoxy) is 2. The molecule has 0 aliphatic heterocycles. The molecule has 1 heterocycles. The van der Waals surface area contributed by atoms with Crippen LogP contribution in [0.4, 0.5) is 0 Å². The Bertz CT molecular complexity index is 674. The zero-order chi connectivity index (χ0) is 15.4. The van der Waals surface area contributed by atoms with Crippen molar-refractivity contribution in [3.8, 4) is 5.75 Å². The van der Waals surface area contributed by atoms with Crippen molar-refractivity contribution in [3.05, 3.63) is 46.8 Å². The molecule has 6 nitrogen and oxygen atoms in total. The molecule has 6 heteroatoms. The average Bonchev–Trinajstić information content (AvgIpc) is 2.91. The molecule has 2 rings (SSSR count). The van der Waals surface area contributed by atoms with Crippen LogP contribution in [0.5, 0.6) is 5.75 Å². The van der Waals surface area contributed by atoms with Gasteiger partial charge in [0, 0.05) is 17.2 Å². The van der Waals surface area contributed by atoms with E-state index in [2.05, 4.69) is 5.16 Å². The summed E-state index contributed by atoms with van der Waals surface area (Å²) >= 11 is 0. The van der Waals surface area contributed by atoms with Gasteiger partial charge in [-0.25, -0.2) is 4.79 Å². The van der Waals surface area contributed by atoms with Crippen LogP contribution in [0.15, 0.2) is 28.8 Å². The second-order valence-corrected chi connectivity index (χ2v) is 4.49. The summed E-state index contributed by atoms with van der Waals surface area (Å²) in [6.45, 7) is 3.15. The predicted molar refractivity (Wildman–Crippen MR) is 73.4 cm³/mol. The highest BCUT2D eigenvalue weighted by atomic mass is 16.6. The van der Waals surface area contributed by atoms with Crippen molar-refractivity contribution in [2.45, 2.75) is 20.5 Å². The Morgan fingerprint density at radius 1 is 1.29 bits per heavy atom. The molecule has 0 spiro atoms. The molecule has 21 heavy (non-hydrogen) atoms. The van der Waals surface area contributed by atoms with Gasteiger partial charge in [0.05, 0.1) is 12.8 Å². The van der Waals surface area contributed by atoms with Crippen LogP contribution >= 0.6 is 0 Å². The van der Waals surface area contributed by atoms with Crippen LogP contribution in [0.3, 0.4) is 0 Å². The molecule has 0 fully saturated rings. The summed E-state index contributed by atoms with van der Waals surface area (Å²) in [7, 11) is 1.51. The molecule has 0 N–H and O–H groups in total. The quantitative estimate of drug-likeness (QED) is 0.621. The smallest absolute Gasteiger partial charge is 0.377 e. The van der Waals surface area contributed by atoms with Crippen LogP contribution in [0.2, 0.25) is 0 Å². The molecule has 2 aromatic rings. The van der Waals surface area contributed by atoms with E-state index in [-0.39, 0.29) is 18.2 Å². The first-order valence-corrected chi connectivity index (χ1v) is 6.29. The topological polar surface area (TPSA) is 78.6 Å². The molecule has 1 aromatic heterocycles. The number of rotatable bonds is 5. The lowest BCUT2D eigenvalue weighted by Crippen LogP contribution is -2.06. The maximum Gasteiger partial charge on any atom is 0.377 e. The average molecular weight is 289 g/mol. The second-order valence-electron chi connectivity index (χ2n) is 4.49. The van der Waals surface area contributed by atoms with Gasteiger partial charge in [0.15, 0.2) is 5.78 Å². The third-order valence-corrected chi connectivity index (χ3v) is 2.87. The highest BCUT2D eigenvalue weighted by Gasteiger charge is 2.15. The molecule has 0 amide bonds. The fraction of sp³-hybridized carbons (Fsp3) is 0.267. The number of Topliss-reactive ketones (excluding diaryl/α,β-unsaturated/α-hetero) is 1. The van der Waals surface area contributed by atoms with Gasteiger partial charge in [0.25, 0.3) is 0 Å². The Labute approximate surface area is 121 Å². The summed E-state index contributed by atoms with van der Waals surface area (Å²) in [4.78, 5) is 23.2. The molecule has 0 saturated heterocycles. The monoisotopic (exact) mass is 289 g/mol. The van der Waals surface area contributed by atoms with Crippen molar-refractivity contribution in [1.82, 2.24) is 5.16 Å². The standard InChI is InChI=1S/C15H15NO5/c1-9-6-14(21-16-9)15(18)20-8-12-7-11(10(2)17)4-5-13(12)19-3/h4-7H,8H2,1-3H3. The van der Waals surface area contributed by atoms with E-state index in [4.69, 9.17) is 14.0 Å². The Morgan fingerprint density at radius 2 is 2.05 bits per heavy atom. The SMILES string of the molecule is COc1ccc(C(C)=O)cc1COC(=O)c1cc(C)no1. The van der Waals surface area contributed by atoms with Crippen molar-refractivity contribution in [2.24, 2.45) is 0 Å². The summed E-state index contributed by atoms with van der Waals surface area (Å²) in [5.41, 5.74) is 1.73. The normalized spacial score (nSPS) is 10.2. The summed E-state index contributed by atoms with van der Waals surface area (Å²) in [6.07, 6.45) is 0. The lowest BCUT2D eigenvalue weighted by atomic mass is 10.1. The van der Waals surface area contributed by atoms with E-state index < -0.39 is 5.97 Å². The van der Waals surface area contributed by atoms with E-state index >= 15 is 0 Å². The van der Waals surface area contributed by atoms with Crippen LogP contribution in [-0.4, -0.2) is 24.0 Å². The predicted octanol–water partition coefficient (Wildman–Crippen LogP) is 2.55. The molecule has 0 aliphatic carbocycles. The van der Waals surface area contributed by atoms with Crippen LogP contribution in [0.25, 0.3) is 0 Å². The summed E-state index contributed by atoms with van der Waals surface area (Å²) < 4.78 is 15.1. The third kappa shape index (κ3) is 3.47. The minimum absolute atomic E-state index is 0.0249. The van der Waals surface area contributed by atoms with Gasteiger partial charge >= 0.3 is 5.97 Å². The van der Waals surface area contributed by atoms with Crippen molar-refractivity contribution in [2.75, 3.05) is 7.11 Å².